The van der Waals surface area contributed by atoms with Gasteiger partial charge in [0.15, 0.2) is 11.5 Å². The van der Waals surface area contributed by atoms with Gasteiger partial charge in [-0.3, -0.25) is 9.78 Å². The fourth-order valence-corrected chi connectivity index (χ4v) is 2.59. The van der Waals surface area contributed by atoms with Crippen molar-refractivity contribution in [1.82, 2.24) is 9.88 Å². The second-order valence-corrected chi connectivity index (χ2v) is 6.01. The van der Waals surface area contributed by atoms with Crippen LogP contribution in [0.2, 0.25) is 0 Å². The molecule has 1 aromatic carbocycles. The molecule has 0 fully saturated rings. The number of ether oxygens (including phenoxy) is 2. The number of pyridine rings is 1. The molecule has 0 aliphatic carbocycles. The van der Waals surface area contributed by atoms with E-state index in [-0.39, 0.29) is 12.7 Å². The number of fused-ring (bicyclic) bond motifs is 1. The van der Waals surface area contributed by atoms with Crippen LogP contribution in [0, 0.1) is 5.92 Å². The second kappa shape index (κ2) is 6.69. The Bertz CT molecular complexity index is 686. The molecule has 1 aliphatic heterocycles. The standard InChI is InChI=1S/C18H20N2O3/c1-13(2)10-20(18(21)15-4-3-7-19-9-15)11-14-5-6-16-17(8-14)23-12-22-16/h3-9,13H,10-12H2,1-2H3. The molecular weight excluding hydrogens is 292 g/mol. The van der Waals surface area contributed by atoms with E-state index in [0.717, 1.165) is 17.1 Å². The Balaban J connectivity index is 1.80. The SMILES string of the molecule is CC(C)CN(Cc1ccc2c(c1)OCO2)C(=O)c1cccnc1. The zero-order valence-electron chi connectivity index (χ0n) is 13.4. The fraction of sp³-hybridized carbons (Fsp3) is 0.333. The first-order chi connectivity index (χ1) is 11.1. The highest BCUT2D eigenvalue weighted by Crippen LogP contribution is 2.33. The van der Waals surface area contributed by atoms with E-state index in [4.69, 9.17) is 9.47 Å². The molecule has 1 aliphatic rings. The van der Waals surface area contributed by atoms with Crippen molar-refractivity contribution in [3.8, 4) is 11.5 Å². The topological polar surface area (TPSA) is 51.7 Å². The lowest BCUT2D eigenvalue weighted by Crippen LogP contribution is -2.33. The normalized spacial score (nSPS) is 12.5. The average Bonchev–Trinajstić information content (AvgIpc) is 3.01. The van der Waals surface area contributed by atoms with Gasteiger partial charge in [-0.2, -0.15) is 0 Å². The molecule has 5 heteroatoms. The van der Waals surface area contributed by atoms with Crippen molar-refractivity contribution in [2.45, 2.75) is 20.4 Å². The van der Waals surface area contributed by atoms with Gasteiger partial charge in [0.2, 0.25) is 6.79 Å². The summed E-state index contributed by atoms with van der Waals surface area (Å²) >= 11 is 0. The van der Waals surface area contributed by atoms with E-state index in [1.165, 1.54) is 0 Å². The van der Waals surface area contributed by atoms with Crippen molar-refractivity contribution in [3.05, 3.63) is 53.9 Å². The van der Waals surface area contributed by atoms with Gasteiger partial charge < -0.3 is 14.4 Å². The Morgan fingerprint density at radius 2 is 2.09 bits per heavy atom. The maximum absolute atomic E-state index is 12.7. The third-order valence-electron chi connectivity index (χ3n) is 3.59. The molecule has 0 N–H and O–H groups in total. The highest BCUT2D eigenvalue weighted by atomic mass is 16.7. The molecule has 2 heterocycles. The molecule has 1 aromatic heterocycles. The number of nitrogens with zero attached hydrogens (tertiary/aromatic N) is 2. The first kappa shape index (κ1) is 15.3. The number of hydrogen-bond donors (Lipinski definition) is 0. The molecule has 0 saturated carbocycles. The summed E-state index contributed by atoms with van der Waals surface area (Å²) in [5.74, 6) is 1.86. The van der Waals surface area contributed by atoms with Crippen molar-refractivity contribution in [3.63, 3.8) is 0 Å². The van der Waals surface area contributed by atoms with Crippen LogP contribution in [-0.4, -0.2) is 29.1 Å². The lowest BCUT2D eigenvalue weighted by atomic mass is 10.1. The summed E-state index contributed by atoms with van der Waals surface area (Å²) in [7, 11) is 0. The molecule has 5 nitrogen and oxygen atoms in total. The van der Waals surface area contributed by atoms with Crippen LogP contribution in [0.5, 0.6) is 11.5 Å². The first-order valence-electron chi connectivity index (χ1n) is 7.71. The smallest absolute Gasteiger partial charge is 0.255 e. The summed E-state index contributed by atoms with van der Waals surface area (Å²) in [5, 5.41) is 0. The molecule has 0 saturated heterocycles. The second-order valence-electron chi connectivity index (χ2n) is 6.01. The van der Waals surface area contributed by atoms with E-state index in [2.05, 4.69) is 18.8 Å². The van der Waals surface area contributed by atoms with Gasteiger partial charge in [-0.1, -0.05) is 19.9 Å². The Hall–Kier alpha value is -2.56. The summed E-state index contributed by atoms with van der Waals surface area (Å²) in [6, 6.07) is 9.37. The molecule has 3 rings (SSSR count). The molecule has 2 aromatic rings. The maximum Gasteiger partial charge on any atom is 0.255 e. The van der Waals surface area contributed by atoms with Crippen LogP contribution >= 0.6 is 0 Å². The number of carbonyl (C=O) groups is 1. The Morgan fingerprint density at radius 3 is 2.83 bits per heavy atom. The monoisotopic (exact) mass is 312 g/mol. The number of benzene rings is 1. The van der Waals surface area contributed by atoms with Crippen LogP contribution in [0.15, 0.2) is 42.7 Å². The minimum atomic E-state index is -0.00975. The molecule has 0 radical (unpaired) electrons. The van der Waals surface area contributed by atoms with Crippen LogP contribution < -0.4 is 9.47 Å². The van der Waals surface area contributed by atoms with Gasteiger partial charge in [0.05, 0.1) is 5.56 Å². The zero-order valence-corrected chi connectivity index (χ0v) is 13.4. The van der Waals surface area contributed by atoms with E-state index >= 15 is 0 Å². The summed E-state index contributed by atoms with van der Waals surface area (Å²) in [5.41, 5.74) is 1.63. The maximum atomic E-state index is 12.7. The van der Waals surface area contributed by atoms with Crippen molar-refractivity contribution in [1.29, 1.82) is 0 Å². The highest BCUT2D eigenvalue weighted by Gasteiger charge is 2.19. The van der Waals surface area contributed by atoms with E-state index in [0.29, 0.717) is 24.6 Å². The number of hydrogen-bond acceptors (Lipinski definition) is 4. The van der Waals surface area contributed by atoms with Gasteiger partial charge in [-0.25, -0.2) is 0 Å². The molecule has 1 amide bonds. The molecule has 0 spiro atoms. The van der Waals surface area contributed by atoms with E-state index in [1.54, 1.807) is 24.5 Å². The number of amides is 1. The summed E-state index contributed by atoms with van der Waals surface area (Å²) in [4.78, 5) is 18.6. The first-order valence-corrected chi connectivity index (χ1v) is 7.71. The molecule has 120 valence electrons. The van der Waals surface area contributed by atoms with Crippen molar-refractivity contribution < 1.29 is 14.3 Å². The Kier molecular flexibility index (Phi) is 4.46. The minimum Gasteiger partial charge on any atom is -0.454 e. The minimum absolute atomic E-state index is 0.00975. The highest BCUT2D eigenvalue weighted by molar-refractivity contribution is 5.93. The summed E-state index contributed by atoms with van der Waals surface area (Å²) in [6.45, 7) is 5.67. The predicted molar refractivity (Wildman–Crippen MR) is 86.4 cm³/mol. The van der Waals surface area contributed by atoms with Gasteiger partial charge in [-0.15, -0.1) is 0 Å². The molecular formula is C18H20N2O3. The van der Waals surface area contributed by atoms with Gasteiger partial charge in [0.25, 0.3) is 5.91 Å². The van der Waals surface area contributed by atoms with Gasteiger partial charge >= 0.3 is 0 Å². The van der Waals surface area contributed by atoms with Crippen LogP contribution in [0.4, 0.5) is 0 Å². The lowest BCUT2D eigenvalue weighted by molar-refractivity contribution is 0.0722. The fourth-order valence-electron chi connectivity index (χ4n) is 2.59. The molecule has 0 atom stereocenters. The average molecular weight is 312 g/mol. The zero-order chi connectivity index (χ0) is 16.2. The third-order valence-corrected chi connectivity index (χ3v) is 3.59. The van der Waals surface area contributed by atoms with Crippen LogP contribution in [0.3, 0.4) is 0 Å². The van der Waals surface area contributed by atoms with E-state index < -0.39 is 0 Å². The van der Waals surface area contributed by atoms with Gasteiger partial charge in [0, 0.05) is 25.5 Å². The third kappa shape index (κ3) is 3.62. The molecule has 0 unspecified atom stereocenters. The van der Waals surface area contributed by atoms with Crippen molar-refractivity contribution in [2.75, 3.05) is 13.3 Å². The largest absolute Gasteiger partial charge is 0.454 e. The Labute approximate surface area is 135 Å². The summed E-state index contributed by atoms with van der Waals surface area (Å²) < 4.78 is 10.7. The number of rotatable bonds is 5. The Morgan fingerprint density at radius 1 is 1.26 bits per heavy atom. The quantitative estimate of drug-likeness (QED) is 0.851. The molecule has 0 bridgehead atoms. The predicted octanol–water partition coefficient (Wildman–Crippen LogP) is 3.11. The van der Waals surface area contributed by atoms with Crippen LogP contribution in [0.25, 0.3) is 0 Å². The summed E-state index contributed by atoms with van der Waals surface area (Å²) in [6.07, 6.45) is 3.27. The van der Waals surface area contributed by atoms with Crippen molar-refractivity contribution >= 4 is 5.91 Å². The van der Waals surface area contributed by atoms with E-state index in [1.807, 2.05) is 23.1 Å². The van der Waals surface area contributed by atoms with Gasteiger partial charge in [-0.05, 0) is 35.7 Å². The molecule has 23 heavy (non-hydrogen) atoms. The van der Waals surface area contributed by atoms with Crippen molar-refractivity contribution in [2.24, 2.45) is 5.92 Å². The van der Waals surface area contributed by atoms with Crippen LogP contribution in [0.1, 0.15) is 29.8 Å². The van der Waals surface area contributed by atoms with Gasteiger partial charge in [0.1, 0.15) is 0 Å². The number of carbonyl (C=O) groups excluding carboxylic acids is 1. The number of aromatic nitrogens is 1. The van der Waals surface area contributed by atoms with Crippen LogP contribution in [-0.2, 0) is 6.54 Å². The van der Waals surface area contributed by atoms with E-state index in [9.17, 15) is 4.79 Å². The lowest BCUT2D eigenvalue weighted by Gasteiger charge is -2.25.